The topological polar surface area (TPSA) is 57.3 Å². The van der Waals surface area contributed by atoms with Gasteiger partial charge in [-0.05, 0) is 37.9 Å². The first-order valence-corrected chi connectivity index (χ1v) is 9.42. The molecule has 5 nitrogen and oxygen atoms in total. The minimum absolute atomic E-state index is 0.0285. The molecule has 2 heterocycles. The van der Waals surface area contributed by atoms with Crippen molar-refractivity contribution >= 4 is 16.8 Å². The van der Waals surface area contributed by atoms with Crippen LogP contribution in [0.4, 0.5) is 0 Å². The second kappa shape index (κ2) is 7.50. The predicted molar refractivity (Wildman–Crippen MR) is 100.0 cm³/mol. The van der Waals surface area contributed by atoms with Crippen LogP contribution in [-0.2, 0) is 0 Å². The summed E-state index contributed by atoms with van der Waals surface area (Å²) in [6, 6.07) is 9.96. The SMILES string of the molecule is O=C(NCCCN1CCNCC1)c1cc(C2CC2)nc2ccccc12. The molecule has 1 aliphatic carbocycles. The summed E-state index contributed by atoms with van der Waals surface area (Å²) in [5.74, 6) is 0.574. The van der Waals surface area contributed by atoms with Crippen LogP contribution in [0.15, 0.2) is 30.3 Å². The van der Waals surface area contributed by atoms with Gasteiger partial charge in [0.05, 0.1) is 11.1 Å². The normalized spacial score (nSPS) is 18.4. The zero-order chi connectivity index (χ0) is 17.1. The number of pyridine rings is 1. The summed E-state index contributed by atoms with van der Waals surface area (Å²) < 4.78 is 0. The Morgan fingerprint density at radius 1 is 1.24 bits per heavy atom. The number of nitrogens with zero attached hydrogens (tertiary/aromatic N) is 2. The third kappa shape index (κ3) is 3.99. The van der Waals surface area contributed by atoms with Crippen molar-refractivity contribution in [3.63, 3.8) is 0 Å². The van der Waals surface area contributed by atoms with Crippen LogP contribution < -0.4 is 10.6 Å². The number of amides is 1. The molecule has 1 aliphatic heterocycles. The number of hydrogen-bond donors (Lipinski definition) is 2. The van der Waals surface area contributed by atoms with Gasteiger partial charge in [-0.1, -0.05) is 18.2 Å². The summed E-state index contributed by atoms with van der Waals surface area (Å²) >= 11 is 0. The highest BCUT2D eigenvalue weighted by atomic mass is 16.1. The molecule has 0 radical (unpaired) electrons. The highest BCUT2D eigenvalue weighted by Gasteiger charge is 2.26. The van der Waals surface area contributed by atoms with E-state index in [1.54, 1.807) is 0 Å². The van der Waals surface area contributed by atoms with Crippen molar-refractivity contribution in [1.82, 2.24) is 20.5 Å². The van der Waals surface area contributed by atoms with Crippen molar-refractivity contribution in [3.05, 3.63) is 41.6 Å². The smallest absolute Gasteiger partial charge is 0.252 e. The largest absolute Gasteiger partial charge is 0.352 e. The Balaban J connectivity index is 1.40. The van der Waals surface area contributed by atoms with Gasteiger partial charge in [-0.15, -0.1) is 0 Å². The van der Waals surface area contributed by atoms with Gasteiger partial charge in [0.1, 0.15) is 0 Å². The van der Waals surface area contributed by atoms with Gasteiger partial charge >= 0.3 is 0 Å². The molecule has 1 amide bonds. The Morgan fingerprint density at radius 2 is 2.04 bits per heavy atom. The molecule has 0 spiro atoms. The lowest BCUT2D eigenvalue weighted by Crippen LogP contribution is -2.44. The third-order valence-corrected chi connectivity index (χ3v) is 5.12. The minimum Gasteiger partial charge on any atom is -0.352 e. The summed E-state index contributed by atoms with van der Waals surface area (Å²) in [7, 11) is 0. The molecule has 1 saturated carbocycles. The fourth-order valence-electron chi connectivity index (χ4n) is 3.51. The average molecular weight is 338 g/mol. The lowest BCUT2D eigenvalue weighted by Gasteiger charge is -2.27. The summed E-state index contributed by atoms with van der Waals surface area (Å²) in [6.45, 7) is 6.12. The Labute approximate surface area is 148 Å². The first-order valence-electron chi connectivity index (χ1n) is 9.42. The van der Waals surface area contributed by atoms with Crippen molar-refractivity contribution in [1.29, 1.82) is 0 Å². The highest BCUT2D eigenvalue weighted by Crippen LogP contribution is 2.40. The van der Waals surface area contributed by atoms with Crippen molar-refractivity contribution in [2.75, 3.05) is 39.3 Å². The molecule has 1 saturated heterocycles. The monoisotopic (exact) mass is 338 g/mol. The van der Waals surface area contributed by atoms with Crippen LogP contribution in [0.25, 0.3) is 10.9 Å². The molecule has 4 rings (SSSR count). The van der Waals surface area contributed by atoms with Crippen LogP contribution in [-0.4, -0.2) is 55.1 Å². The number of carbonyl (C=O) groups excluding carboxylic acids is 1. The Bertz CT molecular complexity index is 750. The molecule has 2 fully saturated rings. The van der Waals surface area contributed by atoms with Gasteiger partial charge in [0.15, 0.2) is 0 Å². The standard InChI is InChI=1S/C20H26N4O/c25-20(22-8-3-11-24-12-9-21-10-13-24)17-14-19(15-6-7-15)23-18-5-2-1-4-16(17)18/h1-2,4-5,14-15,21H,3,6-13H2,(H,22,25). The Hall–Kier alpha value is -1.98. The van der Waals surface area contributed by atoms with E-state index in [1.165, 1.54) is 12.8 Å². The molecule has 25 heavy (non-hydrogen) atoms. The van der Waals surface area contributed by atoms with E-state index in [-0.39, 0.29) is 5.91 Å². The number of fused-ring (bicyclic) bond motifs is 1. The van der Waals surface area contributed by atoms with Crippen LogP contribution in [0.2, 0.25) is 0 Å². The van der Waals surface area contributed by atoms with Crippen molar-refractivity contribution in [3.8, 4) is 0 Å². The summed E-state index contributed by atoms with van der Waals surface area (Å²) in [4.78, 5) is 19.9. The fourth-order valence-corrected chi connectivity index (χ4v) is 3.51. The van der Waals surface area contributed by atoms with Crippen LogP contribution in [0.5, 0.6) is 0 Å². The Morgan fingerprint density at radius 3 is 2.84 bits per heavy atom. The first kappa shape index (κ1) is 16.5. The van der Waals surface area contributed by atoms with Gasteiger partial charge < -0.3 is 15.5 Å². The van der Waals surface area contributed by atoms with E-state index in [1.807, 2.05) is 30.3 Å². The number of rotatable bonds is 6. The van der Waals surface area contributed by atoms with Gasteiger partial charge in [-0.2, -0.15) is 0 Å². The summed E-state index contributed by atoms with van der Waals surface area (Å²) in [5.41, 5.74) is 2.78. The number of piperazine rings is 1. The number of carbonyl (C=O) groups is 1. The van der Waals surface area contributed by atoms with Gasteiger partial charge in [0, 0.05) is 49.7 Å². The maximum Gasteiger partial charge on any atom is 0.252 e. The first-order chi connectivity index (χ1) is 12.3. The van der Waals surface area contributed by atoms with Gasteiger partial charge in [0.25, 0.3) is 5.91 Å². The van der Waals surface area contributed by atoms with E-state index in [0.29, 0.717) is 5.92 Å². The molecular formula is C20H26N4O. The molecule has 1 aromatic heterocycles. The number of nitrogens with one attached hydrogen (secondary N) is 2. The zero-order valence-corrected chi connectivity index (χ0v) is 14.6. The van der Waals surface area contributed by atoms with E-state index < -0.39 is 0 Å². The van der Waals surface area contributed by atoms with Gasteiger partial charge in [-0.25, -0.2) is 0 Å². The molecule has 0 bridgehead atoms. The molecule has 2 aliphatic rings. The predicted octanol–water partition coefficient (Wildman–Crippen LogP) is 2.14. The second-order valence-corrected chi connectivity index (χ2v) is 7.09. The van der Waals surface area contributed by atoms with Gasteiger partial charge in [0.2, 0.25) is 0 Å². The van der Waals surface area contributed by atoms with Gasteiger partial charge in [-0.3, -0.25) is 9.78 Å². The lowest BCUT2D eigenvalue weighted by molar-refractivity contribution is 0.0952. The number of para-hydroxylation sites is 1. The van der Waals surface area contributed by atoms with E-state index in [9.17, 15) is 4.79 Å². The molecule has 0 atom stereocenters. The second-order valence-electron chi connectivity index (χ2n) is 7.09. The van der Waals surface area contributed by atoms with Crippen LogP contribution >= 0.6 is 0 Å². The molecule has 0 unspecified atom stereocenters. The van der Waals surface area contributed by atoms with Crippen molar-refractivity contribution < 1.29 is 4.79 Å². The fraction of sp³-hybridized carbons (Fsp3) is 0.500. The van der Waals surface area contributed by atoms with Crippen LogP contribution in [0.3, 0.4) is 0 Å². The zero-order valence-electron chi connectivity index (χ0n) is 14.6. The number of aromatic nitrogens is 1. The average Bonchev–Trinajstić information content (AvgIpc) is 3.50. The molecule has 2 N–H and O–H groups in total. The van der Waals surface area contributed by atoms with Crippen molar-refractivity contribution in [2.24, 2.45) is 0 Å². The lowest BCUT2D eigenvalue weighted by atomic mass is 10.1. The van der Waals surface area contributed by atoms with Crippen molar-refractivity contribution in [2.45, 2.75) is 25.2 Å². The molecule has 5 heteroatoms. The van der Waals surface area contributed by atoms with E-state index in [4.69, 9.17) is 4.98 Å². The Kier molecular flexibility index (Phi) is 4.95. The van der Waals surface area contributed by atoms with Crippen LogP contribution in [0.1, 0.15) is 41.2 Å². The highest BCUT2D eigenvalue weighted by molar-refractivity contribution is 6.06. The van der Waals surface area contributed by atoms with E-state index in [0.717, 1.165) is 67.8 Å². The minimum atomic E-state index is 0.0285. The van der Waals surface area contributed by atoms with Crippen LogP contribution in [0, 0.1) is 0 Å². The van der Waals surface area contributed by atoms with E-state index in [2.05, 4.69) is 15.5 Å². The molecular weight excluding hydrogens is 312 g/mol. The quantitative estimate of drug-likeness (QED) is 0.793. The maximum atomic E-state index is 12.7. The molecule has 1 aromatic carbocycles. The third-order valence-electron chi connectivity index (χ3n) is 5.12. The van der Waals surface area contributed by atoms with E-state index >= 15 is 0 Å². The summed E-state index contributed by atoms with van der Waals surface area (Å²) in [5, 5.41) is 7.42. The number of hydrogen-bond acceptors (Lipinski definition) is 4. The number of benzene rings is 1. The molecule has 2 aromatic rings. The molecule has 132 valence electrons. The maximum absolute atomic E-state index is 12.7. The summed E-state index contributed by atoms with van der Waals surface area (Å²) in [6.07, 6.45) is 3.37.